The summed E-state index contributed by atoms with van der Waals surface area (Å²) in [5, 5.41) is 11.3. The molecule has 1 fully saturated rings. The van der Waals surface area contributed by atoms with E-state index in [-0.39, 0.29) is 5.91 Å². The van der Waals surface area contributed by atoms with Crippen LogP contribution in [0.5, 0.6) is 0 Å². The van der Waals surface area contributed by atoms with Crippen LogP contribution in [0.15, 0.2) is 83.9 Å². The van der Waals surface area contributed by atoms with Gasteiger partial charge in [-0.1, -0.05) is 79.5 Å². The average molecular weight is 654 g/mol. The Morgan fingerprint density at radius 1 is 1.19 bits per heavy atom. The maximum absolute atomic E-state index is 14.0. The Balaban J connectivity index is 2.14. The lowest BCUT2D eigenvalue weighted by atomic mass is 9.89. The molecule has 1 saturated heterocycles. The summed E-state index contributed by atoms with van der Waals surface area (Å²) in [5.74, 6) is -1.44. The van der Waals surface area contributed by atoms with Gasteiger partial charge in [0, 0.05) is 20.0 Å². The van der Waals surface area contributed by atoms with Crippen molar-refractivity contribution in [2.45, 2.75) is 57.4 Å². The minimum absolute atomic E-state index is 0.299. The van der Waals surface area contributed by atoms with Gasteiger partial charge in [-0.05, 0) is 83.0 Å². The first-order chi connectivity index (χ1) is 17.7. The quantitative estimate of drug-likeness (QED) is 0.215. The molecule has 0 aliphatic carbocycles. The molecule has 0 spiro atoms. The van der Waals surface area contributed by atoms with E-state index < -0.39 is 30.3 Å². The van der Waals surface area contributed by atoms with Crippen LogP contribution in [0.1, 0.15) is 43.9 Å². The second-order valence-corrected chi connectivity index (χ2v) is 11.0. The van der Waals surface area contributed by atoms with Gasteiger partial charge >= 0.3 is 5.97 Å². The maximum atomic E-state index is 14.0. The first kappa shape index (κ1) is 29.4. The molecule has 2 aromatic rings. The summed E-state index contributed by atoms with van der Waals surface area (Å²) < 4.78 is 7.57. The number of halogens is 3. The SMILES string of the molecule is C=C(/C=C\C(Cl)=C/C)[C@@H]1[C@H](c2ccc(Cl)cc2)O[C@@H](Cc2ccc(I)cc2)C(=O)N1[C@H](CCC)C(=O)O. The summed E-state index contributed by atoms with van der Waals surface area (Å²) in [7, 11) is 0. The number of carbonyl (C=O) groups excluding carboxylic acids is 1. The van der Waals surface area contributed by atoms with E-state index in [1.165, 1.54) is 4.90 Å². The lowest BCUT2D eigenvalue weighted by Crippen LogP contribution is -2.61. The number of carbonyl (C=O) groups is 2. The zero-order chi connectivity index (χ0) is 27.1. The summed E-state index contributed by atoms with van der Waals surface area (Å²) >= 11 is 14.6. The number of benzene rings is 2. The number of amides is 1. The van der Waals surface area contributed by atoms with Crippen LogP contribution >= 0.6 is 45.8 Å². The second kappa shape index (κ2) is 13.6. The molecule has 0 radical (unpaired) electrons. The first-order valence-corrected chi connectivity index (χ1v) is 13.9. The van der Waals surface area contributed by atoms with E-state index in [1.54, 1.807) is 30.4 Å². The van der Waals surface area contributed by atoms with Crippen LogP contribution < -0.4 is 0 Å². The number of carboxylic acids is 1. The molecular weight excluding hydrogens is 624 g/mol. The zero-order valence-electron chi connectivity index (χ0n) is 20.7. The molecular formula is C29H30Cl2INO4. The number of carboxylic acid groups (broad SMARTS) is 1. The van der Waals surface area contributed by atoms with E-state index in [0.29, 0.717) is 34.9 Å². The normalized spacial score (nSPS) is 21.3. The number of morpholine rings is 1. The predicted molar refractivity (Wildman–Crippen MR) is 157 cm³/mol. The Kier molecular flexibility index (Phi) is 10.8. The van der Waals surface area contributed by atoms with E-state index in [4.69, 9.17) is 27.9 Å². The molecule has 0 unspecified atom stereocenters. The highest BCUT2D eigenvalue weighted by Gasteiger charge is 2.48. The van der Waals surface area contributed by atoms with Crippen LogP contribution in [-0.2, 0) is 20.7 Å². The average Bonchev–Trinajstić information content (AvgIpc) is 2.88. The van der Waals surface area contributed by atoms with Gasteiger partial charge < -0.3 is 14.7 Å². The fourth-order valence-electron chi connectivity index (χ4n) is 4.40. The van der Waals surface area contributed by atoms with Gasteiger partial charge in [-0.25, -0.2) is 4.79 Å². The molecule has 2 aromatic carbocycles. The van der Waals surface area contributed by atoms with Crippen molar-refractivity contribution in [1.82, 2.24) is 4.90 Å². The van der Waals surface area contributed by atoms with Crippen molar-refractivity contribution in [2.75, 3.05) is 0 Å². The van der Waals surface area contributed by atoms with Gasteiger partial charge in [0.05, 0.1) is 6.04 Å². The van der Waals surface area contributed by atoms with E-state index in [2.05, 4.69) is 29.2 Å². The molecule has 4 atom stereocenters. The van der Waals surface area contributed by atoms with E-state index in [9.17, 15) is 14.7 Å². The van der Waals surface area contributed by atoms with Crippen LogP contribution in [0.4, 0.5) is 0 Å². The molecule has 1 heterocycles. The van der Waals surface area contributed by atoms with Gasteiger partial charge in [-0.3, -0.25) is 4.79 Å². The van der Waals surface area contributed by atoms with Gasteiger partial charge in [-0.15, -0.1) is 0 Å². The van der Waals surface area contributed by atoms with Crippen molar-refractivity contribution < 1.29 is 19.4 Å². The van der Waals surface area contributed by atoms with Crippen molar-refractivity contribution in [2.24, 2.45) is 0 Å². The number of aliphatic carboxylic acids is 1. The van der Waals surface area contributed by atoms with Crippen LogP contribution in [-0.4, -0.2) is 40.1 Å². The number of hydrogen-bond acceptors (Lipinski definition) is 3. The number of ether oxygens (including phenoxy) is 1. The lowest BCUT2D eigenvalue weighted by Gasteiger charge is -2.47. The number of allylic oxidation sites excluding steroid dienone is 3. The Labute approximate surface area is 241 Å². The van der Waals surface area contributed by atoms with Gasteiger partial charge in [0.1, 0.15) is 18.2 Å². The zero-order valence-corrected chi connectivity index (χ0v) is 24.4. The van der Waals surface area contributed by atoms with Crippen LogP contribution in [0, 0.1) is 3.57 Å². The highest BCUT2D eigenvalue weighted by atomic mass is 127. The topological polar surface area (TPSA) is 66.8 Å². The van der Waals surface area contributed by atoms with E-state index in [0.717, 1.165) is 14.7 Å². The molecule has 0 aromatic heterocycles. The predicted octanol–water partition coefficient (Wildman–Crippen LogP) is 7.33. The minimum Gasteiger partial charge on any atom is -0.480 e. The van der Waals surface area contributed by atoms with Gasteiger partial charge in [0.2, 0.25) is 0 Å². The molecule has 0 saturated carbocycles. The molecule has 37 heavy (non-hydrogen) atoms. The fraction of sp³-hybridized carbons (Fsp3) is 0.310. The maximum Gasteiger partial charge on any atom is 0.326 e. The minimum atomic E-state index is -1.06. The smallest absolute Gasteiger partial charge is 0.326 e. The molecule has 196 valence electrons. The summed E-state index contributed by atoms with van der Waals surface area (Å²) in [6.07, 6.45) is 4.80. The fourth-order valence-corrected chi connectivity index (χ4v) is 4.95. The van der Waals surface area contributed by atoms with Crippen molar-refractivity contribution in [3.8, 4) is 0 Å². The molecule has 1 aliphatic rings. The third kappa shape index (κ3) is 7.47. The summed E-state index contributed by atoms with van der Waals surface area (Å²) in [6.45, 7) is 7.92. The van der Waals surface area contributed by atoms with E-state index >= 15 is 0 Å². The Bertz CT molecular complexity index is 1180. The first-order valence-electron chi connectivity index (χ1n) is 12.0. The van der Waals surface area contributed by atoms with E-state index in [1.807, 2.05) is 50.2 Å². The molecule has 0 bridgehead atoms. The largest absolute Gasteiger partial charge is 0.480 e. The van der Waals surface area contributed by atoms with Crippen molar-refractivity contribution in [3.05, 3.63) is 104 Å². The highest BCUT2D eigenvalue weighted by Crippen LogP contribution is 2.39. The molecule has 1 aliphatic heterocycles. The van der Waals surface area contributed by atoms with Crippen molar-refractivity contribution in [1.29, 1.82) is 0 Å². The number of hydrogen-bond donors (Lipinski definition) is 1. The number of rotatable bonds is 10. The van der Waals surface area contributed by atoms with Crippen LogP contribution in [0.3, 0.4) is 0 Å². The monoisotopic (exact) mass is 653 g/mol. The standard InChI is InChI=1S/C29H30Cl2INO4/c1-4-6-24(29(35)36)33-26(18(3)7-12-21(30)5-2)27(20-10-13-22(31)14-11-20)37-25(28(33)34)17-19-8-15-23(32)16-9-19/h5,7-16,24-27H,3-4,6,17H2,1-2H3,(H,35,36)/b12-7-,21-5+/t24-,25+,26-,27+/m1/s1. The third-order valence-corrected chi connectivity index (χ3v) is 7.57. The van der Waals surface area contributed by atoms with Gasteiger partial charge in [-0.2, -0.15) is 0 Å². The summed E-state index contributed by atoms with van der Waals surface area (Å²) in [5.41, 5.74) is 2.21. The third-order valence-electron chi connectivity index (χ3n) is 6.26. The molecule has 8 heteroatoms. The molecule has 1 N–H and O–H groups in total. The summed E-state index contributed by atoms with van der Waals surface area (Å²) in [6, 6.07) is 13.2. The Hall–Kier alpha value is -2.13. The summed E-state index contributed by atoms with van der Waals surface area (Å²) in [4.78, 5) is 27.9. The van der Waals surface area contributed by atoms with Crippen molar-refractivity contribution in [3.63, 3.8) is 0 Å². The lowest BCUT2D eigenvalue weighted by molar-refractivity contribution is -0.180. The van der Waals surface area contributed by atoms with Gasteiger partial charge in [0.25, 0.3) is 5.91 Å². The molecule has 1 amide bonds. The van der Waals surface area contributed by atoms with Gasteiger partial charge in [0.15, 0.2) is 0 Å². The van der Waals surface area contributed by atoms with Crippen LogP contribution in [0.25, 0.3) is 0 Å². The Morgan fingerprint density at radius 2 is 1.84 bits per heavy atom. The highest BCUT2D eigenvalue weighted by molar-refractivity contribution is 14.1. The number of nitrogens with zero attached hydrogens (tertiary/aromatic N) is 1. The van der Waals surface area contributed by atoms with Crippen molar-refractivity contribution >= 4 is 57.7 Å². The Morgan fingerprint density at radius 3 is 2.41 bits per heavy atom. The molecule has 5 nitrogen and oxygen atoms in total. The second-order valence-electron chi connectivity index (χ2n) is 8.84. The molecule has 3 rings (SSSR count). The van der Waals surface area contributed by atoms with Crippen LogP contribution in [0.2, 0.25) is 5.02 Å².